The van der Waals surface area contributed by atoms with E-state index in [4.69, 9.17) is 0 Å². The summed E-state index contributed by atoms with van der Waals surface area (Å²) in [5.41, 5.74) is 2.13. The Morgan fingerprint density at radius 2 is 1.96 bits per heavy atom. The summed E-state index contributed by atoms with van der Waals surface area (Å²) in [5, 5.41) is 4.88. The summed E-state index contributed by atoms with van der Waals surface area (Å²) >= 11 is 1.62. The average molecular weight is 369 g/mol. The third-order valence-corrected chi connectivity index (χ3v) is 6.04. The van der Waals surface area contributed by atoms with Gasteiger partial charge in [0.15, 0.2) is 0 Å². The molecule has 1 aromatic heterocycles. The number of hydrogen-bond donors (Lipinski definition) is 1. The summed E-state index contributed by atoms with van der Waals surface area (Å²) in [5.74, 6) is -0.0326. The topological polar surface area (TPSA) is 52.7 Å². The molecule has 1 atom stereocenters. The quantitative estimate of drug-likeness (QED) is 0.881. The van der Waals surface area contributed by atoms with Crippen molar-refractivity contribution in [2.45, 2.75) is 38.3 Å². The van der Waals surface area contributed by atoms with Crippen molar-refractivity contribution >= 4 is 34.5 Å². The third-order valence-electron chi connectivity index (χ3n) is 5.16. The normalized spacial score (nSPS) is 18.4. The number of hydrogen-bond acceptors (Lipinski definition) is 4. The molecule has 0 spiro atoms. The molecule has 5 nitrogen and oxygen atoms in total. The lowest BCUT2D eigenvalue weighted by atomic mass is 10.1. The standard InChI is InChI=1S/C20H23N3O2S/c24-19(21-13-16-6-4-12-26-16)9-10-20(25)23-14-15-5-3-11-22(15)17-7-1-2-8-18(17)23/h1-2,4,6-8,12,15H,3,5,9-11,13-14H2,(H,21,24)/t15-/m0/s1. The predicted molar refractivity (Wildman–Crippen MR) is 105 cm³/mol. The van der Waals surface area contributed by atoms with Gasteiger partial charge >= 0.3 is 0 Å². The molecule has 2 amide bonds. The molecular formula is C20H23N3O2S. The van der Waals surface area contributed by atoms with Crippen LogP contribution in [-0.2, 0) is 16.1 Å². The molecule has 0 unspecified atom stereocenters. The van der Waals surface area contributed by atoms with E-state index in [0.29, 0.717) is 12.6 Å². The number of fused-ring (bicyclic) bond motifs is 3. The van der Waals surface area contributed by atoms with Gasteiger partial charge in [-0.3, -0.25) is 9.59 Å². The van der Waals surface area contributed by atoms with Crippen LogP contribution in [0, 0.1) is 0 Å². The van der Waals surface area contributed by atoms with Gasteiger partial charge in [-0.2, -0.15) is 0 Å². The lowest BCUT2D eigenvalue weighted by molar-refractivity contribution is -0.125. The van der Waals surface area contributed by atoms with Gasteiger partial charge in [0.25, 0.3) is 0 Å². The fourth-order valence-electron chi connectivity index (χ4n) is 3.87. The van der Waals surface area contributed by atoms with Crippen LogP contribution in [0.3, 0.4) is 0 Å². The summed E-state index contributed by atoms with van der Waals surface area (Å²) in [6.07, 6.45) is 2.78. The number of carbonyl (C=O) groups excluding carboxylic acids is 2. The van der Waals surface area contributed by atoms with Crippen molar-refractivity contribution in [3.63, 3.8) is 0 Å². The number of benzene rings is 1. The van der Waals surface area contributed by atoms with Crippen molar-refractivity contribution in [2.75, 3.05) is 22.9 Å². The molecular weight excluding hydrogens is 346 g/mol. The van der Waals surface area contributed by atoms with Gasteiger partial charge in [-0.05, 0) is 36.4 Å². The van der Waals surface area contributed by atoms with Gasteiger partial charge in [0.2, 0.25) is 11.8 Å². The molecule has 136 valence electrons. The predicted octanol–water partition coefficient (Wildman–Crippen LogP) is 3.16. The van der Waals surface area contributed by atoms with E-state index in [9.17, 15) is 9.59 Å². The smallest absolute Gasteiger partial charge is 0.227 e. The molecule has 6 heteroatoms. The number of nitrogens with one attached hydrogen (secondary N) is 1. The summed E-state index contributed by atoms with van der Waals surface area (Å²) in [4.78, 5) is 30.3. The van der Waals surface area contributed by atoms with E-state index in [0.717, 1.165) is 35.8 Å². The zero-order valence-corrected chi connectivity index (χ0v) is 15.5. The molecule has 26 heavy (non-hydrogen) atoms. The van der Waals surface area contributed by atoms with Crippen LogP contribution >= 0.6 is 11.3 Å². The van der Waals surface area contributed by atoms with E-state index in [1.165, 1.54) is 6.42 Å². The second-order valence-corrected chi connectivity index (χ2v) is 7.87. The number of para-hydroxylation sites is 2. The lowest BCUT2D eigenvalue weighted by Crippen LogP contribution is -2.48. The third kappa shape index (κ3) is 3.46. The largest absolute Gasteiger partial charge is 0.365 e. The highest BCUT2D eigenvalue weighted by Gasteiger charge is 2.35. The van der Waals surface area contributed by atoms with Crippen LogP contribution in [0.1, 0.15) is 30.6 Å². The molecule has 2 aliphatic heterocycles. The molecule has 2 aromatic rings. The first kappa shape index (κ1) is 17.1. The highest BCUT2D eigenvalue weighted by molar-refractivity contribution is 7.09. The molecule has 0 bridgehead atoms. The minimum Gasteiger partial charge on any atom is -0.365 e. The monoisotopic (exact) mass is 369 g/mol. The molecule has 4 rings (SSSR count). The van der Waals surface area contributed by atoms with Crippen molar-refractivity contribution in [1.82, 2.24) is 5.32 Å². The van der Waals surface area contributed by atoms with Gasteiger partial charge in [0.1, 0.15) is 0 Å². The summed E-state index contributed by atoms with van der Waals surface area (Å²) in [6, 6.07) is 12.5. The molecule has 3 heterocycles. The number of nitrogens with zero attached hydrogens (tertiary/aromatic N) is 2. The first-order chi connectivity index (χ1) is 12.7. The van der Waals surface area contributed by atoms with Crippen molar-refractivity contribution < 1.29 is 9.59 Å². The number of rotatable bonds is 5. The van der Waals surface area contributed by atoms with Crippen LogP contribution in [0.4, 0.5) is 11.4 Å². The number of carbonyl (C=O) groups is 2. The summed E-state index contributed by atoms with van der Waals surface area (Å²) in [6.45, 7) is 2.33. The lowest BCUT2D eigenvalue weighted by Gasteiger charge is -2.40. The van der Waals surface area contributed by atoms with Crippen molar-refractivity contribution in [3.8, 4) is 0 Å². The van der Waals surface area contributed by atoms with Crippen molar-refractivity contribution in [2.24, 2.45) is 0 Å². The minimum atomic E-state index is -0.0699. The van der Waals surface area contributed by atoms with Crippen LogP contribution in [-0.4, -0.2) is 30.9 Å². The SMILES string of the molecule is O=C(CCC(=O)N1C[C@@H]2CCCN2c2ccccc21)NCc1cccs1. The molecule has 1 N–H and O–H groups in total. The van der Waals surface area contributed by atoms with E-state index < -0.39 is 0 Å². The van der Waals surface area contributed by atoms with Crippen LogP contribution in [0.25, 0.3) is 0 Å². The van der Waals surface area contributed by atoms with Gasteiger partial charge in [0, 0.05) is 36.9 Å². The van der Waals surface area contributed by atoms with E-state index in [-0.39, 0.29) is 24.7 Å². The molecule has 1 aromatic carbocycles. The maximum Gasteiger partial charge on any atom is 0.227 e. The van der Waals surface area contributed by atoms with Gasteiger partial charge in [-0.1, -0.05) is 18.2 Å². The minimum absolute atomic E-state index is 0.0373. The molecule has 0 saturated carbocycles. The Balaban J connectivity index is 1.37. The average Bonchev–Trinajstić information content (AvgIpc) is 3.35. The Labute approximate surface area is 157 Å². The summed E-state index contributed by atoms with van der Waals surface area (Å²) in [7, 11) is 0. The second kappa shape index (κ2) is 7.50. The Morgan fingerprint density at radius 3 is 2.77 bits per heavy atom. The van der Waals surface area contributed by atoms with Gasteiger partial charge in [0.05, 0.1) is 17.9 Å². The van der Waals surface area contributed by atoms with Gasteiger partial charge < -0.3 is 15.1 Å². The molecule has 0 radical (unpaired) electrons. The van der Waals surface area contributed by atoms with Gasteiger partial charge in [-0.15, -0.1) is 11.3 Å². The first-order valence-corrected chi connectivity index (χ1v) is 10.1. The van der Waals surface area contributed by atoms with Gasteiger partial charge in [-0.25, -0.2) is 0 Å². The highest BCUT2D eigenvalue weighted by atomic mass is 32.1. The van der Waals surface area contributed by atoms with Crippen LogP contribution < -0.4 is 15.1 Å². The Morgan fingerprint density at radius 1 is 1.12 bits per heavy atom. The number of thiophene rings is 1. The van der Waals surface area contributed by atoms with E-state index in [1.54, 1.807) is 11.3 Å². The molecule has 1 saturated heterocycles. The maximum absolute atomic E-state index is 12.8. The Kier molecular flexibility index (Phi) is 4.93. The fourth-order valence-corrected chi connectivity index (χ4v) is 4.51. The maximum atomic E-state index is 12.8. The van der Waals surface area contributed by atoms with E-state index >= 15 is 0 Å². The molecule has 2 aliphatic rings. The van der Waals surface area contributed by atoms with E-state index in [1.807, 2.05) is 40.6 Å². The van der Waals surface area contributed by atoms with Crippen LogP contribution in [0.15, 0.2) is 41.8 Å². The van der Waals surface area contributed by atoms with Crippen LogP contribution in [0.2, 0.25) is 0 Å². The number of amides is 2. The van der Waals surface area contributed by atoms with E-state index in [2.05, 4.69) is 16.3 Å². The Hall–Kier alpha value is -2.34. The summed E-state index contributed by atoms with van der Waals surface area (Å²) < 4.78 is 0. The fraction of sp³-hybridized carbons (Fsp3) is 0.400. The van der Waals surface area contributed by atoms with Crippen LogP contribution in [0.5, 0.6) is 0 Å². The zero-order chi connectivity index (χ0) is 17.9. The number of anilines is 2. The zero-order valence-electron chi connectivity index (χ0n) is 14.7. The van der Waals surface area contributed by atoms with Crippen molar-refractivity contribution in [3.05, 3.63) is 46.7 Å². The second-order valence-electron chi connectivity index (χ2n) is 6.84. The molecule has 1 fully saturated rings. The first-order valence-electron chi connectivity index (χ1n) is 9.17. The molecule has 0 aliphatic carbocycles. The highest BCUT2D eigenvalue weighted by Crippen LogP contribution is 2.39. The van der Waals surface area contributed by atoms with Crippen molar-refractivity contribution in [1.29, 1.82) is 0 Å². The Bertz CT molecular complexity index is 790.